The molecule has 0 bridgehead atoms. The molecular weight excluding hydrogens is 379 g/mol. The molecule has 2 aromatic heterocycles. The zero-order valence-corrected chi connectivity index (χ0v) is 15.5. The Morgan fingerprint density at radius 1 is 1.07 bits per heavy atom. The van der Waals surface area contributed by atoms with Gasteiger partial charge in [0.25, 0.3) is 5.56 Å². The van der Waals surface area contributed by atoms with Gasteiger partial charge in [0.2, 0.25) is 0 Å². The number of aromatic nitrogens is 3. The van der Waals surface area contributed by atoms with Crippen molar-refractivity contribution in [3.8, 4) is 0 Å². The zero-order chi connectivity index (χ0) is 19.5. The van der Waals surface area contributed by atoms with E-state index in [2.05, 4.69) is 15.3 Å². The normalized spacial score (nSPS) is 10.9. The summed E-state index contributed by atoms with van der Waals surface area (Å²) in [5.74, 6) is -0.262. The van der Waals surface area contributed by atoms with Gasteiger partial charge in [0.05, 0.1) is 28.8 Å². The Balaban J connectivity index is 1.71. The van der Waals surface area contributed by atoms with Crippen LogP contribution < -0.4 is 10.9 Å². The smallest absolute Gasteiger partial charge is 0.294 e. The number of anilines is 1. The van der Waals surface area contributed by atoms with E-state index < -0.39 is 5.82 Å². The quantitative estimate of drug-likeness (QED) is 0.550. The van der Waals surface area contributed by atoms with Gasteiger partial charge < -0.3 is 5.32 Å². The van der Waals surface area contributed by atoms with Crippen molar-refractivity contribution in [3.63, 3.8) is 0 Å². The van der Waals surface area contributed by atoms with Crippen molar-refractivity contribution in [2.75, 3.05) is 5.32 Å². The van der Waals surface area contributed by atoms with Gasteiger partial charge in [-0.25, -0.2) is 9.37 Å². The van der Waals surface area contributed by atoms with Crippen molar-refractivity contribution in [2.45, 2.75) is 13.1 Å². The van der Waals surface area contributed by atoms with Crippen molar-refractivity contribution in [3.05, 3.63) is 99.3 Å². The molecule has 0 aliphatic carbocycles. The van der Waals surface area contributed by atoms with Gasteiger partial charge in [0.15, 0.2) is 5.82 Å². The minimum Gasteiger partial charge on any atom is -0.361 e. The molecule has 4 aromatic rings. The van der Waals surface area contributed by atoms with E-state index in [1.54, 1.807) is 29.1 Å². The number of hydrogen-bond acceptors (Lipinski definition) is 4. The lowest BCUT2D eigenvalue weighted by molar-refractivity contribution is 0.627. The van der Waals surface area contributed by atoms with Crippen LogP contribution in [0.15, 0.2) is 71.8 Å². The fraction of sp³-hybridized carbons (Fsp3) is 0.0952. The highest BCUT2D eigenvalue weighted by Gasteiger charge is 2.12. The lowest BCUT2D eigenvalue weighted by Crippen LogP contribution is -2.26. The Morgan fingerprint density at radius 2 is 1.89 bits per heavy atom. The van der Waals surface area contributed by atoms with E-state index in [-0.39, 0.29) is 16.4 Å². The maximum Gasteiger partial charge on any atom is 0.294 e. The molecule has 0 unspecified atom stereocenters. The van der Waals surface area contributed by atoms with Crippen LogP contribution in [-0.4, -0.2) is 14.5 Å². The highest BCUT2D eigenvalue weighted by molar-refractivity contribution is 6.30. The number of halogens is 2. The molecule has 0 atom stereocenters. The molecule has 0 aliphatic rings. The van der Waals surface area contributed by atoms with Gasteiger partial charge in [-0.05, 0) is 29.3 Å². The van der Waals surface area contributed by atoms with Gasteiger partial charge in [0, 0.05) is 12.7 Å². The number of hydrogen-bond donors (Lipinski definition) is 1. The van der Waals surface area contributed by atoms with Crippen LogP contribution in [0.2, 0.25) is 5.02 Å². The number of benzene rings is 2. The van der Waals surface area contributed by atoms with Gasteiger partial charge >= 0.3 is 0 Å². The van der Waals surface area contributed by atoms with Crippen molar-refractivity contribution >= 4 is 28.5 Å². The van der Waals surface area contributed by atoms with Crippen molar-refractivity contribution in [1.82, 2.24) is 14.5 Å². The second-order valence-electron chi connectivity index (χ2n) is 6.30. The molecule has 7 heteroatoms. The molecule has 0 radical (unpaired) electrons. The number of nitrogens with zero attached hydrogens (tertiary/aromatic N) is 3. The fourth-order valence-electron chi connectivity index (χ4n) is 2.96. The largest absolute Gasteiger partial charge is 0.361 e. The fourth-order valence-corrected chi connectivity index (χ4v) is 3.16. The van der Waals surface area contributed by atoms with Gasteiger partial charge in [-0.15, -0.1) is 0 Å². The van der Waals surface area contributed by atoms with Crippen LogP contribution in [0.1, 0.15) is 11.1 Å². The monoisotopic (exact) mass is 394 g/mol. The summed E-state index contributed by atoms with van der Waals surface area (Å²) < 4.78 is 15.0. The maximum absolute atomic E-state index is 13.3. The highest BCUT2D eigenvalue weighted by atomic mass is 35.5. The Kier molecular flexibility index (Phi) is 5.04. The van der Waals surface area contributed by atoms with Crippen molar-refractivity contribution in [1.29, 1.82) is 0 Å². The van der Waals surface area contributed by atoms with Crippen molar-refractivity contribution in [2.24, 2.45) is 0 Å². The molecular formula is C21H16ClFN4O. The van der Waals surface area contributed by atoms with Crippen LogP contribution in [-0.2, 0) is 13.1 Å². The van der Waals surface area contributed by atoms with E-state index in [0.717, 1.165) is 11.1 Å². The van der Waals surface area contributed by atoms with E-state index in [0.29, 0.717) is 24.1 Å². The lowest BCUT2D eigenvalue weighted by Gasteiger charge is -2.13. The lowest BCUT2D eigenvalue weighted by atomic mass is 10.2. The molecule has 0 saturated carbocycles. The molecule has 2 aromatic carbocycles. The number of nitrogens with one attached hydrogen (secondary N) is 1. The average molecular weight is 395 g/mol. The minimum atomic E-state index is -0.480. The third-order valence-electron chi connectivity index (χ3n) is 4.38. The molecule has 0 amide bonds. The summed E-state index contributed by atoms with van der Waals surface area (Å²) >= 11 is 5.83. The summed E-state index contributed by atoms with van der Waals surface area (Å²) in [6.45, 7) is 0.700. The first-order chi connectivity index (χ1) is 13.6. The topological polar surface area (TPSA) is 59.8 Å². The third kappa shape index (κ3) is 3.73. The van der Waals surface area contributed by atoms with Gasteiger partial charge in [0.1, 0.15) is 5.82 Å². The predicted octanol–water partition coefficient (Wildman–Crippen LogP) is 4.24. The molecule has 4 rings (SSSR count). The summed E-state index contributed by atoms with van der Waals surface area (Å²) in [5, 5.41) is 3.09. The molecule has 28 heavy (non-hydrogen) atoms. The standard InChI is InChI=1S/C21H16ClFN4O/c22-16-10-15(6-7-17(16)23)11-25-20-21(28)27(13-14-4-2-1-3-5-14)19-12-24-9-8-18(19)26-20/h1-10,12H,11,13H2,(H,25,26). The molecule has 0 aliphatic heterocycles. The van der Waals surface area contributed by atoms with Gasteiger partial charge in [-0.1, -0.05) is 48.0 Å². The zero-order valence-electron chi connectivity index (χ0n) is 14.8. The van der Waals surface area contributed by atoms with E-state index >= 15 is 0 Å². The first kappa shape index (κ1) is 18.1. The second-order valence-corrected chi connectivity index (χ2v) is 6.71. The first-order valence-electron chi connectivity index (χ1n) is 8.68. The van der Waals surface area contributed by atoms with Gasteiger partial charge in [-0.3, -0.25) is 14.3 Å². The van der Waals surface area contributed by atoms with Crippen LogP contribution in [0.3, 0.4) is 0 Å². The minimum absolute atomic E-state index is 0.0401. The first-order valence-corrected chi connectivity index (χ1v) is 9.06. The summed E-state index contributed by atoms with van der Waals surface area (Å²) in [6.07, 6.45) is 3.27. The van der Waals surface area contributed by atoms with E-state index in [1.807, 2.05) is 30.3 Å². The van der Waals surface area contributed by atoms with E-state index in [9.17, 15) is 9.18 Å². The van der Waals surface area contributed by atoms with Crippen LogP contribution in [0, 0.1) is 5.82 Å². The van der Waals surface area contributed by atoms with Crippen LogP contribution in [0.4, 0.5) is 10.2 Å². The Hall–Kier alpha value is -3.25. The molecule has 1 N–H and O–H groups in total. The number of pyridine rings is 1. The Bertz CT molecular complexity index is 1190. The number of rotatable bonds is 5. The van der Waals surface area contributed by atoms with E-state index in [4.69, 9.17) is 11.6 Å². The Morgan fingerprint density at radius 3 is 2.68 bits per heavy atom. The molecule has 140 valence electrons. The summed E-state index contributed by atoms with van der Waals surface area (Å²) in [6, 6.07) is 15.9. The molecule has 2 heterocycles. The third-order valence-corrected chi connectivity index (χ3v) is 4.67. The van der Waals surface area contributed by atoms with Crippen molar-refractivity contribution < 1.29 is 4.39 Å². The second kappa shape index (κ2) is 7.78. The summed E-state index contributed by atoms with van der Waals surface area (Å²) in [5.41, 5.74) is 2.81. The van der Waals surface area contributed by atoms with Crippen LogP contribution >= 0.6 is 11.6 Å². The number of fused-ring (bicyclic) bond motifs is 1. The SMILES string of the molecule is O=c1c(NCc2ccc(F)c(Cl)c2)nc2ccncc2n1Cc1ccccc1. The van der Waals surface area contributed by atoms with Crippen LogP contribution in [0.25, 0.3) is 11.0 Å². The predicted molar refractivity (Wildman–Crippen MR) is 108 cm³/mol. The average Bonchev–Trinajstić information content (AvgIpc) is 2.72. The van der Waals surface area contributed by atoms with E-state index in [1.165, 1.54) is 12.1 Å². The highest BCUT2D eigenvalue weighted by Crippen LogP contribution is 2.17. The van der Waals surface area contributed by atoms with Gasteiger partial charge in [-0.2, -0.15) is 0 Å². The molecule has 0 spiro atoms. The summed E-state index contributed by atoms with van der Waals surface area (Å²) in [4.78, 5) is 21.6. The van der Waals surface area contributed by atoms with Crippen LogP contribution in [0.5, 0.6) is 0 Å². The maximum atomic E-state index is 13.3. The Labute approximate surface area is 165 Å². The summed E-state index contributed by atoms with van der Waals surface area (Å²) in [7, 11) is 0. The molecule has 0 fully saturated rings. The molecule has 5 nitrogen and oxygen atoms in total. The molecule has 0 saturated heterocycles.